The number of para-hydroxylation sites is 1. The van der Waals surface area contributed by atoms with Gasteiger partial charge >= 0.3 is 0 Å². The zero-order valence-electron chi connectivity index (χ0n) is 18.4. The first-order valence-corrected chi connectivity index (χ1v) is 12.3. The molecule has 0 aromatic heterocycles. The molecule has 3 nitrogen and oxygen atoms in total. The lowest BCUT2D eigenvalue weighted by Crippen LogP contribution is -2.40. The number of benzene rings is 3. The zero-order valence-corrected chi connectivity index (χ0v) is 19.3. The minimum Gasteiger partial charge on any atom is -0.477 e. The maximum atomic E-state index is 6.28. The lowest BCUT2D eigenvalue weighted by Gasteiger charge is -2.35. The van der Waals surface area contributed by atoms with Crippen LogP contribution < -0.4 is 15.3 Å². The molecule has 0 saturated carbocycles. The Morgan fingerprint density at radius 3 is 2.00 bits per heavy atom. The molecule has 0 fully saturated rings. The van der Waals surface area contributed by atoms with Crippen LogP contribution in [0, 0.1) is 5.41 Å². The lowest BCUT2D eigenvalue weighted by atomic mass is 9.88. The molecule has 5 rings (SSSR count). The van der Waals surface area contributed by atoms with Crippen molar-refractivity contribution in [1.29, 1.82) is 0 Å². The van der Waals surface area contributed by atoms with Crippen molar-refractivity contribution in [1.82, 2.24) is 0 Å². The van der Waals surface area contributed by atoms with Crippen LogP contribution in [0.15, 0.2) is 89.9 Å². The Bertz CT molecular complexity index is 1040. The fraction of sp³-hybridized carbons (Fsp3) is 0.296. The second kappa shape index (κ2) is 8.13. The van der Waals surface area contributed by atoms with Gasteiger partial charge in [-0.1, -0.05) is 99.6 Å². The van der Waals surface area contributed by atoms with E-state index in [0.717, 1.165) is 12.3 Å². The topological polar surface area (TPSA) is 24.8 Å². The summed E-state index contributed by atoms with van der Waals surface area (Å²) in [5.74, 6) is 0.899. The van der Waals surface area contributed by atoms with E-state index < -0.39 is 8.07 Å². The fourth-order valence-electron chi connectivity index (χ4n) is 4.36. The summed E-state index contributed by atoms with van der Waals surface area (Å²) >= 11 is 0. The largest absolute Gasteiger partial charge is 0.477 e. The van der Waals surface area contributed by atoms with Gasteiger partial charge in [0.25, 0.3) is 0 Å². The molecule has 3 aromatic rings. The third-order valence-electron chi connectivity index (χ3n) is 6.12. The SMILES string of the molecule is CC(C)(C)[C@H]1COC([C@@H]2Cc3ccccc3N2P(c2ccccc2)c2ccccc2)=N1. The van der Waals surface area contributed by atoms with Crippen LogP contribution in [0.2, 0.25) is 0 Å². The quantitative estimate of drug-likeness (QED) is 0.526. The van der Waals surface area contributed by atoms with E-state index in [4.69, 9.17) is 9.73 Å². The van der Waals surface area contributed by atoms with Crippen LogP contribution in [0.25, 0.3) is 0 Å². The summed E-state index contributed by atoms with van der Waals surface area (Å²) in [5.41, 5.74) is 2.77. The van der Waals surface area contributed by atoms with Crippen LogP contribution in [0.4, 0.5) is 5.69 Å². The number of hydrogen-bond acceptors (Lipinski definition) is 3. The molecule has 2 heterocycles. The highest BCUT2D eigenvalue weighted by molar-refractivity contribution is 7.74. The van der Waals surface area contributed by atoms with Crippen LogP contribution in [-0.2, 0) is 11.2 Å². The second-order valence-electron chi connectivity index (χ2n) is 9.34. The van der Waals surface area contributed by atoms with Gasteiger partial charge < -0.3 is 9.41 Å². The van der Waals surface area contributed by atoms with E-state index in [-0.39, 0.29) is 17.5 Å². The third kappa shape index (κ3) is 3.88. The summed E-state index contributed by atoms with van der Waals surface area (Å²) < 4.78 is 8.87. The molecule has 0 unspecified atom stereocenters. The smallest absolute Gasteiger partial charge is 0.207 e. The third-order valence-corrected chi connectivity index (χ3v) is 8.62. The molecule has 0 N–H and O–H groups in total. The average molecular weight is 429 g/mol. The first-order chi connectivity index (χ1) is 15.0. The molecule has 2 aliphatic heterocycles. The van der Waals surface area contributed by atoms with Gasteiger partial charge in [0.2, 0.25) is 5.90 Å². The van der Waals surface area contributed by atoms with Crippen LogP contribution in [0.1, 0.15) is 26.3 Å². The Hall–Kier alpha value is -2.64. The Labute approximate surface area is 186 Å². The Morgan fingerprint density at radius 2 is 1.42 bits per heavy atom. The highest BCUT2D eigenvalue weighted by Crippen LogP contribution is 2.50. The highest BCUT2D eigenvalue weighted by Gasteiger charge is 2.42. The van der Waals surface area contributed by atoms with Crippen LogP contribution in [0.5, 0.6) is 0 Å². The van der Waals surface area contributed by atoms with E-state index >= 15 is 0 Å². The van der Waals surface area contributed by atoms with Crippen LogP contribution >= 0.6 is 8.07 Å². The van der Waals surface area contributed by atoms with Gasteiger partial charge in [-0.2, -0.15) is 0 Å². The predicted molar refractivity (Wildman–Crippen MR) is 132 cm³/mol. The fourth-order valence-corrected chi connectivity index (χ4v) is 6.94. The summed E-state index contributed by atoms with van der Waals surface area (Å²) in [5, 5.41) is 2.69. The molecular weight excluding hydrogens is 399 g/mol. The number of nitrogens with zero attached hydrogens (tertiary/aromatic N) is 2. The van der Waals surface area contributed by atoms with Crippen LogP contribution in [-0.4, -0.2) is 24.6 Å². The van der Waals surface area contributed by atoms with E-state index in [1.54, 1.807) is 0 Å². The van der Waals surface area contributed by atoms with Gasteiger partial charge in [0.05, 0.1) is 14.1 Å². The minimum absolute atomic E-state index is 0.0988. The molecule has 0 aliphatic carbocycles. The summed E-state index contributed by atoms with van der Waals surface area (Å²) in [6, 6.07) is 30.9. The van der Waals surface area contributed by atoms with Crippen molar-refractivity contribution >= 4 is 30.3 Å². The monoisotopic (exact) mass is 428 g/mol. The molecule has 0 spiro atoms. The van der Waals surface area contributed by atoms with Crippen molar-refractivity contribution in [3.05, 3.63) is 90.5 Å². The number of ether oxygens (including phenoxy) is 1. The number of hydrogen-bond donors (Lipinski definition) is 0. The second-order valence-corrected chi connectivity index (χ2v) is 11.4. The molecule has 2 atom stereocenters. The van der Waals surface area contributed by atoms with E-state index in [1.807, 2.05) is 0 Å². The number of aliphatic imine (C=N–C) groups is 1. The molecule has 31 heavy (non-hydrogen) atoms. The van der Waals surface area contributed by atoms with Crippen molar-refractivity contribution in [3.8, 4) is 0 Å². The molecule has 4 heteroatoms. The van der Waals surface area contributed by atoms with Gasteiger partial charge in [0.15, 0.2) is 0 Å². The first-order valence-electron chi connectivity index (χ1n) is 11.0. The molecule has 0 amide bonds. The summed E-state index contributed by atoms with van der Waals surface area (Å²) in [7, 11) is -0.764. The van der Waals surface area contributed by atoms with Crippen molar-refractivity contribution in [2.75, 3.05) is 11.3 Å². The summed E-state index contributed by atoms with van der Waals surface area (Å²) in [4.78, 5) is 5.11. The van der Waals surface area contributed by atoms with E-state index in [0.29, 0.717) is 6.61 Å². The molecule has 158 valence electrons. The maximum Gasteiger partial charge on any atom is 0.207 e. The van der Waals surface area contributed by atoms with Gasteiger partial charge in [0.1, 0.15) is 12.6 Å². The number of fused-ring (bicyclic) bond motifs is 1. The predicted octanol–water partition coefficient (Wildman–Crippen LogP) is 5.31. The van der Waals surface area contributed by atoms with Crippen molar-refractivity contribution in [2.24, 2.45) is 10.4 Å². The van der Waals surface area contributed by atoms with Gasteiger partial charge in [-0.25, -0.2) is 4.99 Å². The van der Waals surface area contributed by atoms with Crippen molar-refractivity contribution in [3.63, 3.8) is 0 Å². The Balaban J connectivity index is 1.63. The zero-order chi connectivity index (χ0) is 21.4. The number of rotatable bonds is 4. The van der Waals surface area contributed by atoms with Gasteiger partial charge in [-0.3, -0.25) is 0 Å². The minimum atomic E-state index is -0.764. The van der Waals surface area contributed by atoms with E-state index in [1.165, 1.54) is 21.9 Å². The Kier molecular flexibility index (Phi) is 5.32. The van der Waals surface area contributed by atoms with E-state index in [2.05, 4.69) is 110 Å². The summed E-state index contributed by atoms with van der Waals surface area (Å²) in [6.07, 6.45) is 0.935. The Morgan fingerprint density at radius 1 is 0.839 bits per heavy atom. The molecule has 2 aliphatic rings. The first kappa shape index (κ1) is 20.3. The maximum absolute atomic E-state index is 6.28. The van der Waals surface area contributed by atoms with Crippen LogP contribution in [0.3, 0.4) is 0 Å². The number of anilines is 1. The van der Waals surface area contributed by atoms with Gasteiger partial charge in [0, 0.05) is 22.7 Å². The average Bonchev–Trinajstić information content (AvgIpc) is 3.41. The molecule has 0 radical (unpaired) electrons. The molecular formula is C27H29N2OP. The molecule has 0 bridgehead atoms. The molecule has 0 saturated heterocycles. The summed E-state index contributed by atoms with van der Waals surface area (Å²) in [6.45, 7) is 7.41. The van der Waals surface area contributed by atoms with Crippen molar-refractivity contribution < 1.29 is 4.74 Å². The van der Waals surface area contributed by atoms with E-state index in [9.17, 15) is 0 Å². The highest BCUT2D eigenvalue weighted by atomic mass is 31.1. The molecule has 3 aromatic carbocycles. The lowest BCUT2D eigenvalue weighted by molar-refractivity contribution is 0.232. The normalized spacial score (nSPS) is 20.5. The van der Waals surface area contributed by atoms with Gasteiger partial charge in [-0.05, 0) is 17.0 Å². The standard InChI is InChI=1S/C27H29N2OP/c1-27(2,3)25-19-30-26(28-25)24-18-20-12-10-11-17-23(20)29(24)31(21-13-6-4-7-14-21)22-15-8-5-9-16-22/h4-17,24-25H,18-19H2,1-3H3/t24-,25+/m0/s1. The van der Waals surface area contributed by atoms with Gasteiger partial charge in [-0.15, -0.1) is 0 Å². The van der Waals surface area contributed by atoms with Crippen molar-refractivity contribution in [2.45, 2.75) is 39.3 Å².